The second kappa shape index (κ2) is 10.1. The zero-order valence-corrected chi connectivity index (χ0v) is 15.9. The SMILES string of the molecule is CCNC(=NCc1ccccc1OC(F)F)NCc1csc(C(C)C)n1. The number of guanidine groups is 1. The minimum atomic E-state index is -2.86. The van der Waals surface area contributed by atoms with Gasteiger partial charge in [0.1, 0.15) is 5.75 Å². The van der Waals surface area contributed by atoms with Gasteiger partial charge in [0.15, 0.2) is 5.96 Å². The summed E-state index contributed by atoms with van der Waals surface area (Å²) in [5, 5.41) is 9.48. The molecule has 0 aliphatic rings. The van der Waals surface area contributed by atoms with Gasteiger partial charge in [0, 0.05) is 23.4 Å². The van der Waals surface area contributed by atoms with Crippen LogP contribution in [-0.4, -0.2) is 24.1 Å². The largest absolute Gasteiger partial charge is 0.434 e. The monoisotopic (exact) mass is 382 g/mol. The van der Waals surface area contributed by atoms with Crippen molar-refractivity contribution in [3.05, 3.63) is 45.9 Å². The molecule has 0 spiro atoms. The van der Waals surface area contributed by atoms with Crippen LogP contribution in [0, 0.1) is 0 Å². The van der Waals surface area contributed by atoms with E-state index in [1.165, 1.54) is 6.07 Å². The van der Waals surface area contributed by atoms with E-state index in [1.54, 1.807) is 29.5 Å². The van der Waals surface area contributed by atoms with Gasteiger partial charge < -0.3 is 15.4 Å². The highest BCUT2D eigenvalue weighted by molar-refractivity contribution is 7.09. The Balaban J connectivity index is 2.02. The molecule has 1 aromatic heterocycles. The molecule has 1 aromatic carbocycles. The molecule has 0 saturated heterocycles. The minimum Gasteiger partial charge on any atom is -0.434 e. The van der Waals surface area contributed by atoms with Crippen LogP contribution < -0.4 is 15.4 Å². The van der Waals surface area contributed by atoms with Crippen LogP contribution in [0.25, 0.3) is 0 Å². The van der Waals surface area contributed by atoms with E-state index in [0.29, 0.717) is 30.5 Å². The van der Waals surface area contributed by atoms with Crippen molar-refractivity contribution in [2.24, 2.45) is 4.99 Å². The van der Waals surface area contributed by atoms with Gasteiger partial charge in [0.2, 0.25) is 0 Å². The van der Waals surface area contributed by atoms with E-state index in [1.807, 2.05) is 12.3 Å². The average molecular weight is 382 g/mol. The van der Waals surface area contributed by atoms with E-state index >= 15 is 0 Å². The smallest absolute Gasteiger partial charge is 0.387 e. The Bertz CT molecular complexity index is 719. The lowest BCUT2D eigenvalue weighted by atomic mass is 10.2. The number of aromatic nitrogens is 1. The number of nitrogens with one attached hydrogen (secondary N) is 2. The minimum absolute atomic E-state index is 0.142. The van der Waals surface area contributed by atoms with Gasteiger partial charge in [-0.1, -0.05) is 32.0 Å². The second-order valence-corrected chi connectivity index (χ2v) is 6.76. The maximum absolute atomic E-state index is 12.5. The maximum Gasteiger partial charge on any atom is 0.387 e. The number of ether oxygens (including phenoxy) is 1. The number of thiazole rings is 1. The molecule has 1 heterocycles. The van der Waals surface area contributed by atoms with Gasteiger partial charge in [-0.25, -0.2) is 9.98 Å². The fraction of sp³-hybridized carbons (Fsp3) is 0.444. The predicted octanol–water partition coefficient (Wildman–Crippen LogP) is 4.12. The Morgan fingerprint density at radius 2 is 2.04 bits per heavy atom. The molecular weight excluding hydrogens is 358 g/mol. The predicted molar refractivity (Wildman–Crippen MR) is 101 cm³/mol. The molecule has 0 aliphatic carbocycles. The number of nitrogens with zero attached hydrogens (tertiary/aromatic N) is 2. The third-order valence-electron chi connectivity index (χ3n) is 3.44. The molecule has 0 atom stereocenters. The molecule has 8 heteroatoms. The number of alkyl halides is 2. The first kappa shape index (κ1) is 20.1. The van der Waals surface area contributed by atoms with Gasteiger partial charge in [0.05, 0.1) is 23.8 Å². The van der Waals surface area contributed by atoms with E-state index in [9.17, 15) is 8.78 Å². The van der Waals surface area contributed by atoms with E-state index in [-0.39, 0.29) is 12.3 Å². The van der Waals surface area contributed by atoms with Gasteiger partial charge >= 0.3 is 6.61 Å². The highest BCUT2D eigenvalue weighted by atomic mass is 32.1. The summed E-state index contributed by atoms with van der Waals surface area (Å²) in [7, 11) is 0. The summed E-state index contributed by atoms with van der Waals surface area (Å²) in [6.07, 6.45) is 0. The fourth-order valence-electron chi connectivity index (χ4n) is 2.19. The topological polar surface area (TPSA) is 58.5 Å². The van der Waals surface area contributed by atoms with Crippen LogP contribution in [0.4, 0.5) is 8.78 Å². The number of hydrogen-bond acceptors (Lipinski definition) is 4. The number of benzene rings is 1. The molecule has 0 saturated carbocycles. The number of para-hydroxylation sites is 1. The molecule has 0 fully saturated rings. The standard InChI is InChI=1S/C18H24F2N4OS/c1-4-21-18(23-10-14-11-26-16(24-14)12(2)3)22-9-13-7-5-6-8-15(13)25-17(19)20/h5-8,11-12,17H,4,9-10H2,1-3H3,(H2,21,22,23). The normalized spacial score (nSPS) is 11.9. The lowest BCUT2D eigenvalue weighted by molar-refractivity contribution is -0.0504. The first-order chi connectivity index (χ1) is 12.5. The quantitative estimate of drug-likeness (QED) is 0.533. The lowest BCUT2D eigenvalue weighted by Gasteiger charge is -2.12. The van der Waals surface area contributed by atoms with E-state index < -0.39 is 6.61 Å². The molecule has 0 amide bonds. The van der Waals surface area contributed by atoms with Crippen molar-refractivity contribution in [2.45, 2.75) is 46.4 Å². The number of rotatable bonds is 8. The molecule has 2 aromatic rings. The first-order valence-electron chi connectivity index (χ1n) is 8.48. The Morgan fingerprint density at radius 1 is 1.27 bits per heavy atom. The fourth-order valence-corrected chi connectivity index (χ4v) is 3.03. The summed E-state index contributed by atoms with van der Waals surface area (Å²) < 4.78 is 29.5. The van der Waals surface area contributed by atoms with Crippen molar-refractivity contribution in [1.29, 1.82) is 0 Å². The summed E-state index contributed by atoms with van der Waals surface area (Å²) >= 11 is 1.64. The second-order valence-electron chi connectivity index (χ2n) is 5.87. The van der Waals surface area contributed by atoms with Crippen molar-refractivity contribution in [1.82, 2.24) is 15.6 Å². The first-order valence-corrected chi connectivity index (χ1v) is 9.36. The van der Waals surface area contributed by atoms with Crippen molar-refractivity contribution in [3.8, 4) is 5.75 Å². The van der Waals surface area contributed by atoms with Crippen LogP contribution in [0.1, 0.15) is 43.0 Å². The van der Waals surface area contributed by atoms with Crippen molar-refractivity contribution in [3.63, 3.8) is 0 Å². The molecule has 26 heavy (non-hydrogen) atoms. The zero-order chi connectivity index (χ0) is 18.9. The molecule has 0 unspecified atom stereocenters. The molecular formula is C18H24F2N4OS. The summed E-state index contributed by atoms with van der Waals surface area (Å²) in [6, 6.07) is 6.66. The van der Waals surface area contributed by atoms with E-state index in [0.717, 1.165) is 10.7 Å². The zero-order valence-electron chi connectivity index (χ0n) is 15.1. The van der Waals surface area contributed by atoms with Crippen LogP contribution in [-0.2, 0) is 13.1 Å². The molecule has 2 rings (SSSR count). The van der Waals surface area contributed by atoms with Crippen molar-refractivity contribution in [2.75, 3.05) is 6.54 Å². The van der Waals surface area contributed by atoms with Crippen LogP contribution in [0.2, 0.25) is 0 Å². The van der Waals surface area contributed by atoms with Gasteiger partial charge in [-0.05, 0) is 13.0 Å². The number of halogens is 2. The molecule has 142 valence electrons. The number of hydrogen-bond donors (Lipinski definition) is 2. The average Bonchev–Trinajstić information content (AvgIpc) is 3.07. The van der Waals surface area contributed by atoms with Gasteiger partial charge in [-0.2, -0.15) is 8.78 Å². The third kappa shape index (κ3) is 6.25. The maximum atomic E-state index is 12.5. The summed E-state index contributed by atoms with van der Waals surface area (Å²) in [6.45, 7) is 4.80. The Kier molecular flexibility index (Phi) is 7.77. The van der Waals surface area contributed by atoms with Crippen LogP contribution in [0.3, 0.4) is 0 Å². The molecule has 0 aliphatic heterocycles. The number of aliphatic imine (C=N–C) groups is 1. The van der Waals surface area contributed by atoms with Gasteiger partial charge in [0.25, 0.3) is 0 Å². The molecule has 0 radical (unpaired) electrons. The molecule has 2 N–H and O–H groups in total. The summed E-state index contributed by atoms with van der Waals surface area (Å²) in [5.74, 6) is 1.14. The summed E-state index contributed by atoms with van der Waals surface area (Å²) in [5.41, 5.74) is 1.55. The van der Waals surface area contributed by atoms with Crippen molar-refractivity contribution < 1.29 is 13.5 Å². The molecule has 5 nitrogen and oxygen atoms in total. The summed E-state index contributed by atoms with van der Waals surface area (Å²) in [4.78, 5) is 9.03. The van der Waals surface area contributed by atoms with Crippen LogP contribution in [0.5, 0.6) is 5.75 Å². The van der Waals surface area contributed by atoms with Crippen LogP contribution >= 0.6 is 11.3 Å². The Hall–Kier alpha value is -2.22. The molecule has 0 bridgehead atoms. The van der Waals surface area contributed by atoms with Gasteiger partial charge in [-0.15, -0.1) is 11.3 Å². The van der Waals surface area contributed by atoms with Gasteiger partial charge in [-0.3, -0.25) is 0 Å². The van der Waals surface area contributed by atoms with E-state index in [4.69, 9.17) is 0 Å². The van der Waals surface area contributed by atoms with Crippen molar-refractivity contribution >= 4 is 17.3 Å². The highest BCUT2D eigenvalue weighted by Crippen LogP contribution is 2.21. The van der Waals surface area contributed by atoms with E-state index in [2.05, 4.69) is 39.2 Å². The lowest BCUT2D eigenvalue weighted by Crippen LogP contribution is -2.36. The Labute approximate surface area is 156 Å². The Morgan fingerprint density at radius 3 is 2.69 bits per heavy atom. The third-order valence-corrected chi connectivity index (χ3v) is 4.63. The highest BCUT2D eigenvalue weighted by Gasteiger charge is 2.10. The van der Waals surface area contributed by atoms with Crippen LogP contribution in [0.15, 0.2) is 34.6 Å².